The van der Waals surface area contributed by atoms with Gasteiger partial charge in [-0.05, 0) is 12.3 Å². The van der Waals surface area contributed by atoms with E-state index in [4.69, 9.17) is 5.11 Å². The van der Waals surface area contributed by atoms with Crippen molar-refractivity contribution in [3.05, 3.63) is 0 Å². The van der Waals surface area contributed by atoms with Gasteiger partial charge in [0.1, 0.15) is 5.92 Å². The summed E-state index contributed by atoms with van der Waals surface area (Å²) in [5.41, 5.74) is 0. The van der Waals surface area contributed by atoms with Crippen molar-refractivity contribution in [1.29, 1.82) is 0 Å². The lowest BCUT2D eigenvalue weighted by Gasteiger charge is -2.23. The van der Waals surface area contributed by atoms with E-state index >= 15 is 0 Å². The summed E-state index contributed by atoms with van der Waals surface area (Å²) in [7, 11) is 0. The number of carboxylic acids is 1. The Morgan fingerprint density at radius 1 is 1.32 bits per heavy atom. The summed E-state index contributed by atoms with van der Waals surface area (Å²) < 4.78 is 37.6. The van der Waals surface area contributed by atoms with Crippen LogP contribution in [0.3, 0.4) is 0 Å². The first kappa shape index (κ1) is 18.1. The van der Waals surface area contributed by atoms with Crippen molar-refractivity contribution in [2.24, 2.45) is 11.8 Å². The average molecular weight is 301 g/mol. The van der Waals surface area contributed by atoms with Gasteiger partial charge in [-0.1, -0.05) is 13.8 Å². The molecule has 0 saturated carbocycles. The monoisotopic (exact) mass is 301 g/mol. The SMILES string of the molecule is CC(C)C[C@@H](CC(=O)O)NC(=O)[C@H](CS)C(F)(F)F. The van der Waals surface area contributed by atoms with E-state index in [9.17, 15) is 22.8 Å². The highest BCUT2D eigenvalue weighted by Crippen LogP contribution is 2.27. The van der Waals surface area contributed by atoms with E-state index in [1.807, 2.05) is 0 Å². The molecule has 0 aromatic rings. The molecule has 2 atom stereocenters. The predicted octanol–water partition coefficient (Wildman–Crippen LogP) is 2.10. The molecular weight excluding hydrogens is 283 g/mol. The Balaban J connectivity index is 4.73. The number of aliphatic carboxylic acids is 1. The number of amides is 1. The maximum Gasteiger partial charge on any atom is 0.401 e. The van der Waals surface area contributed by atoms with Gasteiger partial charge in [0.15, 0.2) is 0 Å². The second-order valence-electron chi connectivity index (χ2n) is 4.71. The van der Waals surface area contributed by atoms with Crippen molar-refractivity contribution in [2.75, 3.05) is 5.75 Å². The fraction of sp³-hybridized carbons (Fsp3) is 0.818. The quantitative estimate of drug-likeness (QED) is 0.631. The van der Waals surface area contributed by atoms with E-state index < -0.39 is 42.2 Å². The summed E-state index contributed by atoms with van der Waals surface area (Å²) in [6.07, 6.45) is -4.78. The highest BCUT2D eigenvalue weighted by molar-refractivity contribution is 7.80. The van der Waals surface area contributed by atoms with Crippen LogP contribution in [0.4, 0.5) is 13.2 Å². The van der Waals surface area contributed by atoms with Gasteiger partial charge < -0.3 is 10.4 Å². The van der Waals surface area contributed by atoms with Gasteiger partial charge >= 0.3 is 12.1 Å². The Kier molecular flexibility index (Phi) is 7.25. The van der Waals surface area contributed by atoms with Crippen LogP contribution in [-0.4, -0.2) is 35.0 Å². The fourth-order valence-corrected chi connectivity index (χ4v) is 1.98. The second kappa shape index (κ2) is 7.62. The Labute approximate surface area is 115 Å². The molecule has 0 aliphatic rings. The molecule has 2 N–H and O–H groups in total. The number of carbonyl (C=O) groups is 2. The van der Waals surface area contributed by atoms with Gasteiger partial charge in [0.2, 0.25) is 5.91 Å². The number of carboxylic acid groups (broad SMARTS) is 1. The minimum atomic E-state index is -4.68. The van der Waals surface area contributed by atoms with Crippen LogP contribution in [0.15, 0.2) is 0 Å². The third-order valence-corrected chi connectivity index (χ3v) is 2.78. The van der Waals surface area contributed by atoms with Gasteiger partial charge in [-0.15, -0.1) is 0 Å². The molecule has 0 radical (unpaired) electrons. The normalized spacial score (nSPS) is 15.1. The number of carbonyl (C=O) groups excluding carboxylic acids is 1. The molecule has 0 aromatic carbocycles. The summed E-state index contributed by atoms with van der Waals surface area (Å²) >= 11 is 3.51. The highest BCUT2D eigenvalue weighted by Gasteiger charge is 2.44. The number of thiol groups is 1. The van der Waals surface area contributed by atoms with Crippen LogP contribution in [0.1, 0.15) is 26.7 Å². The first-order valence-corrected chi connectivity index (χ1v) is 6.40. The molecule has 0 rings (SSSR count). The molecule has 112 valence electrons. The lowest BCUT2D eigenvalue weighted by molar-refractivity contribution is -0.178. The van der Waals surface area contributed by atoms with Crippen LogP contribution in [-0.2, 0) is 9.59 Å². The van der Waals surface area contributed by atoms with Crippen LogP contribution < -0.4 is 5.32 Å². The molecule has 0 aliphatic heterocycles. The first-order valence-electron chi connectivity index (χ1n) is 5.77. The van der Waals surface area contributed by atoms with Crippen molar-refractivity contribution in [1.82, 2.24) is 5.32 Å². The number of hydrogen-bond acceptors (Lipinski definition) is 3. The standard InChI is InChI=1S/C11H18F3NO3S/c1-6(2)3-7(4-9(16)17)15-10(18)8(5-19)11(12,13)14/h6-8,19H,3-5H2,1-2H3,(H,15,18)(H,16,17)/t7-,8-/m0/s1. The van der Waals surface area contributed by atoms with Crippen LogP contribution in [0.5, 0.6) is 0 Å². The molecular formula is C11H18F3NO3S. The molecule has 0 saturated heterocycles. The van der Waals surface area contributed by atoms with Gasteiger partial charge in [0.05, 0.1) is 6.42 Å². The number of hydrogen-bond donors (Lipinski definition) is 3. The summed E-state index contributed by atoms with van der Waals surface area (Å²) in [5.74, 6) is -5.23. The lowest BCUT2D eigenvalue weighted by atomic mass is 10.00. The van der Waals surface area contributed by atoms with Gasteiger partial charge in [-0.25, -0.2) is 0 Å². The lowest BCUT2D eigenvalue weighted by Crippen LogP contribution is -2.46. The predicted molar refractivity (Wildman–Crippen MR) is 67.0 cm³/mol. The smallest absolute Gasteiger partial charge is 0.401 e. The first-order chi connectivity index (χ1) is 8.57. The summed E-state index contributed by atoms with van der Waals surface area (Å²) in [6.45, 7) is 3.59. The van der Waals surface area contributed by atoms with Gasteiger partial charge in [0.25, 0.3) is 0 Å². The fourth-order valence-electron chi connectivity index (χ4n) is 1.61. The highest BCUT2D eigenvalue weighted by atomic mass is 32.1. The van der Waals surface area contributed by atoms with Crippen molar-refractivity contribution in [3.8, 4) is 0 Å². The van der Waals surface area contributed by atoms with E-state index in [0.29, 0.717) is 6.42 Å². The molecule has 0 unspecified atom stereocenters. The van der Waals surface area contributed by atoms with Crippen molar-refractivity contribution in [2.45, 2.75) is 38.9 Å². The molecule has 0 fully saturated rings. The number of alkyl halides is 3. The molecule has 0 heterocycles. The van der Waals surface area contributed by atoms with E-state index in [1.54, 1.807) is 13.8 Å². The molecule has 0 aromatic heterocycles. The van der Waals surface area contributed by atoms with Gasteiger partial charge in [-0.3, -0.25) is 9.59 Å². The zero-order valence-corrected chi connectivity index (χ0v) is 11.6. The van der Waals surface area contributed by atoms with E-state index in [1.165, 1.54) is 0 Å². The molecule has 0 spiro atoms. The Hall–Kier alpha value is -0.920. The Morgan fingerprint density at radius 3 is 2.16 bits per heavy atom. The minimum absolute atomic E-state index is 0.0602. The summed E-state index contributed by atoms with van der Waals surface area (Å²) in [6, 6.07) is -0.810. The van der Waals surface area contributed by atoms with Crippen molar-refractivity contribution < 1.29 is 27.9 Å². The van der Waals surface area contributed by atoms with Crippen molar-refractivity contribution in [3.63, 3.8) is 0 Å². The maximum absolute atomic E-state index is 12.5. The molecule has 8 heteroatoms. The van der Waals surface area contributed by atoms with Crippen LogP contribution in [0.2, 0.25) is 0 Å². The van der Waals surface area contributed by atoms with E-state index in [-0.39, 0.29) is 5.92 Å². The molecule has 1 amide bonds. The number of halogens is 3. The Morgan fingerprint density at radius 2 is 1.84 bits per heavy atom. The number of rotatable bonds is 7. The molecule has 4 nitrogen and oxygen atoms in total. The molecule has 0 bridgehead atoms. The Bertz CT molecular complexity index is 321. The van der Waals surface area contributed by atoms with Crippen LogP contribution in [0, 0.1) is 11.8 Å². The van der Waals surface area contributed by atoms with Crippen LogP contribution in [0.25, 0.3) is 0 Å². The van der Waals surface area contributed by atoms with Gasteiger partial charge in [-0.2, -0.15) is 25.8 Å². The molecule has 19 heavy (non-hydrogen) atoms. The van der Waals surface area contributed by atoms with Crippen molar-refractivity contribution >= 4 is 24.5 Å². The summed E-state index contributed by atoms with van der Waals surface area (Å²) in [5, 5.41) is 10.8. The zero-order valence-electron chi connectivity index (χ0n) is 10.7. The van der Waals surface area contributed by atoms with Crippen LogP contribution >= 0.6 is 12.6 Å². The topological polar surface area (TPSA) is 66.4 Å². The minimum Gasteiger partial charge on any atom is -0.481 e. The largest absolute Gasteiger partial charge is 0.481 e. The van der Waals surface area contributed by atoms with E-state index in [0.717, 1.165) is 0 Å². The molecule has 0 aliphatic carbocycles. The third kappa shape index (κ3) is 7.29. The average Bonchev–Trinajstić information content (AvgIpc) is 2.12. The summed E-state index contributed by atoms with van der Waals surface area (Å²) in [4.78, 5) is 22.1. The van der Waals surface area contributed by atoms with E-state index in [2.05, 4.69) is 17.9 Å². The zero-order chi connectivity index (χ0) is 15.2. The third-order valence-electron chi connectivity index (χ3n) is 2.42. The van der Waals surface area contributed by atoms with Gasteiger partial charge in [0, 0.05) is 11.8 Å². The number of nitrogens with one attached hydrogen (secondary N) is 1. The maximum atomic E-state index is 12.5. The second-order valence-corrected chi connectivity index (χ2v) is 5.07.